The quantitative estimate of drug-likeness (QED) is 0.919. The highest BCUT2D eigenvalue weighted by Gasteiger charge is 2.19. The van der Waals surface area contributed by atoms with Gasteiger partial charge in [0.05, 0.1) is 12.1 Å². The first-order chi connectivity index (χ1) is 10.8. The van der Waals surface area contributed by atoms with E-state index in [1.54, 1.807) is 13.4 Å². The van der Waals surface area contributed by atoms with Crippen LogP contribution < -0.4 is 5.32 Å². The third-order valence-corrected chi connectivity index (χ3v) is 4.41. The normalized spacial score (nSPS) is 17.0. The van der Waals surface area contributed by atoms with Crippen LogP contribution in [0.25, 0.3) is 10.9 Å². The molecular weight excluding hydrogens is 276 g/mol. The molecule has 1 aromatic carbocycles. The van der Waals surface area contributed by atoms with Gasteiger partial charge in [-0.1, -0.05) is 12.1 Å². The third-order valence-electron chi connectivity index (χ3n) is 4.41. The van der Waals surface area contributed by atoms with Gasteiger partial charge in [-0.25, -0.2) is 9.97 Å². The summed E-state index contributed by atoms with van der Waals surface area (Å²) in [7, 11) is 1.76. The summed E-state index contributed by atoms with van der Waals surface area (Å²) < 4.78 is 5.15. The zero-order valence-corrected chi connectivity index (χ0v) is 13.4. The van der Waals surface area contributed by atoms with E-state index in [0.717, 1.165) is 55.8 Å². The Kier molecular flexibility index (Phi) is 4.85. The number of nitrogens with one attached hydrogen (secondary N) is 1. The molecule has 0 bridgehead atoms. The Hall–Kier alpha value is -1.72. The van der Waals surface area contributed by atoms with Crippen molar-refractivity contribution >= 4 is 16.7 Å². The topological polar surface area (TPSA) is 50.3 Å². The van der Waals surface area contributed by atoms with E-state index in [2.05, 4.69) is 45.3 Å². The standard InChI is InChI=1S/C17H24N4O/c1-13-4-3-5-15-16(13)18-12-19-17(15)20-14-6-8-21(9-7-14)10-11-22-2/h3-5,12,14H,6-11H2,1-2H3,(H,18,19,20). The molecule has 2 heterocycles. The van der Waals surface area contributed by atoms with Crippen LogP contribution in [-0.4, -0.2) is 54.3 Å². The molecule has 1 fully saturated rings. The van der Waals surface area contributed by atoms with E-state index in [1.807, 2.05) is 0 Å². The van der Waals surface area contributed by atoms with Gasteiger partial charge in [0, 0.05) is 38.2 Å². The van der Waals surface area contributed by atoms with Gasteiger partial charge in [0.1, 0.15) is 12.1 Å². The fraction of sp³-hybridized carbons (Fsp3) is 0.529. The summed E-state index contributed by atoms with van der Waals surface area (Å²) in [6, 6.07) is 6.74. The minimum Gasteiger partial charge on any atom is -0.383 e. The molecule has 1 aromatic heterocycles. The van der Waals surface area contributed by atoms with Gasteiger partial charge in [-0.2, -0.15) is 0 Å². The molecule has 118 valence electrons. The minimum absolute atomic E-state index is 0.484. The molecule has 1 aliphatic rings. The van der Waals surface area contributed by atoms with Crippen molar-refractivity contribution in [3.63, 3.8) is 0 Å². The lowest BCUT2D eigenvalue weighted by Gasteiger charge is -2.32. The highest BCUT2D eigenvalue weighted by atomic mass is 16.5. The number of fused-ring (bicyclic) bond motifs is 1. The van der Waals surface area contributed by atoms with Crippen molar-refractivity contribution in [2.45, 2.75) is 25.8 Å². The Morgan fingerprint density at radius 2 is 2.09 bits per heavy atom. The molecule has 22 heavy (non-hydrogen) atoms. The first-order valence-electron chi connectivity index (χ1n) is 7.96. The SMILES string of the molecule is COCCN1CCC(Nc2ncnc3c(C)cccc23)CC1. The fourth-order valence-electron chi connectivity index (χ4n) is 3.06. The van der Waals surface area contributed by atoms with Crippen molar-refractivity contribution in [3.05, 3.63) is 30.1 Å². The molecule has 3 rings (SSSR count). The predicted molar refractivity (Wildman–Crippen MR) is 89.2 cm³/mol. The predicted octanol–water partition coefficient (Wildman–Crippen LogP) is 2.46. The van der Waals surface area contributed by atoms with Gasteiger partial charge in [-0.3, -0.25) is 0 Å². The number of methoxy groups -OCH3 is 1. The Balaban J connectivity index is 1.66. The van der Waals surface area contributed by atoms with Gasteiger partial charge >= 0.3 is 0 Å². The summed E-state index contributed by atoms with van der Waals surface area (Å²) in [6.45, 7) is 6.16. The van der Waals surface area contributed by atoms with E-state index in [1.165, 1.54) is 5.56 Å². The van der Waals surface area contributed by atoms with E-state index < -0.39 is 0 Å². The summed E-state index contributed by atoms with van der Waals surface area (Å²) in [6.07, 6.45) is 3.94. The summed E-state index contributed by atoms with van der Waals surface area (Å²) in [4.78, 5) is 11.3. The molecule has 0 saturated carbocycles. The largest absolute Gasteiger partial charge is 0.383 e. The summed E-state index contributed by atoms with van der Waals surface area (Å²) in [5, 5.41) is 4.73. The Morgan fingerprint density at radius 3 is 2.86 bits per heavy atom. The lowest BCUT2D eigenvalue weighted by molar-refractivity contribution is 0.132. The first-order valence-corrected chi connectivity index (χ1v) is 7.96. The molecule has 0 atom stereocenters. The summed E-state index contributed by atoms with van der Waals surface area (Å²) >= 11 is 0. The number of hydrogen-bond acceptors (Lipinski definition) is 5. The van der Waals surface area contributed by atoms with Crippen LogP contribution in [0.3, 0.4) is 0 Å². The van der Waals surface area contributed by atoms with Gasteiger partial charge in [0.15, 0.2) is 0 Å². The first kappa shape index (κ1) is 15.2. The minimum atomic E-state index is 0.484. The van der Waals surface area contributed by atoms with Crippen molar-refractivity contribution in [2.75, 3.05) is 38.7 Å². The van der Waals surface area contributed by atoms with Crippen molar-refractivity contribution in [1.82, 2.24) is 14.9 Å². The number of piperidine rings is 1. The molecular formula is C17H24N4O. The van der Waals surface area contributed by atoms with Crippen molar-refractivity contribution in [3.8, 4) is 0 Å². The Bertz CT molecular complexity index is 623. The fourth-order valence-corrected chi connectivity index (χ4v) is 3.06. The molecule has 1 N–H and O–H groups in total. The number of anilines is 1. The molecule has 1 saturated heterocycles. The second-order valence-electron chi connectivity index (χ2n) is 5.95. The maximum Gasteiger partial charge on any atom is 0.137 e. The van der Waals surface area contributed by atoms with Gasteiger partial charge < -0.3 is 15.0 Å². The third kappa shape index (κ3) is 3.36. The van der Waals surface area contributed by atoms with Crippen LogP contribution in [0.5, 0.6) is 0 Å². The van der Waals surface area contributed by atoms with Crippen molar-refractivity contribution < 1.29 is 4.74 Å². The van der Waals surface area contributed by atoms with E-state index in [4.69, 9.17) is 4.74 Å². The number of rotatable bonds is 5. The molecule has 5 heteroatoms. The van der Waals surface area contributed by atoms with Gasteiger partial charge in [0.25, 0.3) is 0 Å². The number of para-hydroxylation sites is 1. The lowest BCUT2D eigenvalue weighted by atomic mass is 10.0. The van der Waals surface area contributed by atoms with Crippen LogP contribution in [-0.2, 0) is 4.74 Å². The molecule has 1 aliphatic heterocycles. The summed E-state index contributed by atoms with van der Waals surface area (Å²) in [5.41, 5.74) is 2.23. The molecule has 0 aliphatic carbocycles. The van der Waals surface area contributed by atoms with Gasteiger partial charge in [-0.05, 0) is 31.4 Å². The molecule has 2 aromatic rings. The molecule has 5 nitrogen and oxygen atoms in total. The number of likely N-dealkylation sites (tertiary alicyclic amines) is 1. The smallest absolute Gasteiger partial charge is 0.137 e. The number of nitrogens with zero attached hydrogens (tertiary/aromatic N) is 3. The van der Waals surface area contributed by atoms with Gasteiger partial charge in [0.2, 0.25) is 0 Å². The second kappa shape index (κ2) is 7.03. The molecule has 0 unspecified atom stereocenters. The average molecular weight is 300 g/mol. The number of benzene rings is 1. The van der Waals surface area contributed by atoms with Crippen molar-refractivity contribution in [2.24, 2.45) is 0 Å². The Labute approximate surface area is 131 Å². The Morgan fingerprint density at radius 1 is 1.27 bits per heavy atom. The molecule has 0 radical (unpaired) electrons. The van der Waals surface area contributed by atoms with E-state index in [-0.39, 0.29) is 0 Å². The van der Waals surface area contributed by atoms with Crippen LogP contribution in [0.1, 0.15) is 18.4 Å². The van der Waals surface area contributed by atoms with E-state index >= 15 is 0 Å². The monoisotopic (exact) mass is 300 g/mol. The number of hydrogen-bond donors (Lipinski definition) is 1. The van der Waals surface area contributed by atoms with Crippen LogP contribution in [0, 0.1) is 6.92 Å². The lowest BCUT2D eigenvalue weighted by Crippen LogP contribution is -2.40. The van der Waals surface area contributed by atoms with Crippen LogP contribution >= 0.6 is 0 Å². The zero-order chi connectivity index (χ0) is 15.4. The van der Waals surface area contributed by atoms with Gasteiger partial charge in [-0.15, -0.1) is 0 Å². The summed E-state index contributed by atoms with van der Waals surface area (Å²) in [5.74, 6) is 0.962. The van der Waals surface area contributed by atoms with Crippen LogP contribution in [0.15, 0.2) is 24.5 Å². The zero-order valence-electron chi connectivity index (χ0n) is 13.4. The van der Waals surface area contributed by atoms with Crippen molar-refractivity contribution in [1.29, 1.82) is 0 Å². The maximum absolute atomic E-state index is 5.15. The highest BCUT2D eigenvalue weighted by molar-refractivity contribution is 5.90. The molecule has 0 amide bonds. The highest BCUT2D eigenvalue weighted by Crippen LogP contribution is 2.24. The number of aryl methyl sites for hydroxylation is 1. The number of ether oxygens (including phenoxy) is 1. The molecule has 0 spiro atoms. The van der Waals surface area contributed by atoms with E-state index in [9.17, 15) is 0 Å². The maximum atomic E-state index is 5.15. The van der Waals surface area contributed by atoms with Crippen LogP contribution in [0.2, 0.25) is 0 Å². The van der Waals surface area contributed by atoms with E-state index in [0.29, 0.717) is 6.04 Å². The van der Waals surface area contributed by atoms with Crippen LogP contribution in [0.4, 0.5) is 5.82 Å². The second-order valence-corrected chi connectivity index (χ2v) is 5.95. The number of aromatic nitrogens is 2. The average Bonchev–Trinajstić information content (AvgIpc) is 2.55.